The highest BCUT2D eigenvalue weighted by molar-refractivity contribution is 5.91. The van der Waals surface area contributed by atoms with Crippen LogP contribution in [0.2, 0.25) is 0 Å². The summed E-state index contributed by atoms with van der Waals surface area (Å²) in [7, 11) is 0. The van der Waals surface area contributed by atoms with Gasteiger partial charge in [-0.25, -0.2) is 0 Å². The van der Waals surface area contributed by atoms with Crippen molar-refractivity contribution in [3.8, 4) is 0 Å². The highest BCUT2D eigenvalue weighted by Gasteiger charge is 2.18. The predicted octanol–water partition coefficient (Wildman–Crippen LogP) is 0.996. The number of carbonyl (C=O) groups is 2. The van der Waals surface area contributed by atoms with E-state index in [0.29, 0.717) is 25.1 Å². The van der Waals surface area contributed by atoms with Gasteiger partial charge in [0.05, 0.1) is 0 Å². The van der Waals surface area contributed by atoms with E-state index in [1.54, 1.807) is 12.1 Å². The van der Waals surface area contributed by atoms with Crippen LogP contribution in [-0.2, 0) is 9.59 Å². The Morgan fingerprint density at radius 3 is 3.00 bits per heavy atom. The van der Waals surface area contributed by atoms with Crippen molar-refractivity contribution in [3.63, 3.8) is 0 Å². The zero-order valence-corrected chi connectivity index (χ0v) is 10.2. The number of furan rings is 1. The summed E-state index contributed by atoms with van der Waals surface area (Å²) in [5.74, 6) is 1.33. The van der Waals surface area contributed by atoms with Gasteiger partial charge in [0.25, 0.3) is 0 Å². The molecule has 96 valence electrons. The first-order valence-corrected chi connectivity index (χ1v) is 5.95. The minimum atomic E-state index is -0.176. The van der Waals surface area contributed by atoms with Crippen molar-refractivity contribution in [2.24, 2.45) is 0 Å². The van der Waals surface area contributed by atoms with Gasteiger partial charge in [0.15, 0.2) is 0 Å². The van der Waals surface area contributed by atoms with Gasteiger partial charge in [0, 0.05) is 25.1 Å². The van der Waals surface area contributed by atoms with E-state index in [1.807, 2.05) is 13.0 Å². The fourth-order valence-corrected chi connectivity index (χ4v) is 1.81. The number of rotatable bonds is 3. The van der Waals surface area contributed by atoms with E-state index < -0.39 is 0 Å². The maximum atomic E-state index is 11.6. The molecule has 0 aromatic carbocycles. The Hall–Kier alpha value is -2.04. The summed E-state index contributed by atoms with van der Waals surface area (Å²) in [4.78, 5) is 22.6. The summed E-state index contributed by atoms with van der Waals surface area (Å²) in [5, 5.41) is 5.55. The Morgan fingerprint density at radius 2 is 2.39 bits per heavy atom. The summed E-state index contributed by atoms with van der Waals surface area (Å²) < 4.78 is 5.31. The number of aryl methyl sites for hydroxylation is 1. The monoisotopic (exact) mass is 248 g/mol. The van der Waals surface area contributed by atoms with Crippen LogP contribution in [0.4, 0.5) is 0 Å². The summed E-state index contributed by atoms with van der Waals surface area (Å²) >= 11 is 0. The van der Waals surface area contributed by atoms with E-state index in [-0.39, 0.29) is 17.9 Å². The minimum Gasteiger partial charge on any atom is -0.462 e. The van der Waals surface area contributed by atoms with E-state index >= 15 is 0 Å². The van der Waals surface area contributed by atoms with Crippen LogP contribution in [0.25, 0.3) is 6.08 Å². The summed E-state index contributed by atoms with van der Waals surface area (Å²) in [6.45, 7) is 2.35. The molecule has 0 radical (unpaired) electrons. The first kappa shape index (κ1) is 12.4. The van der Waals surface area contributed by atoms with Crippen LogP contribution < -0.4 is 10.6 Å². The Bertz CT molecular complexity index is 466. The van der Waals surface area contributed by atoms with Crippen LogP contribution in [0.5, 0.6) is 0 Å². The molecule has 2 N–H and O–H groups in total. The third-order valence-corrected chi connectivity index (χ3v) is 2.77. The molecule has 1 fully saturated rings. The molecule has 1 aliphatic heterocycles. The van der Waals surface area contributed by atoms with Gasteiger partial charge in [-0.15, -0.1) is 0 Å². The maximum absolute atomic E-state index is 11.6. The molecule has 2 rings (SSSR count). The largest absolute Gasteiger partial charge is 0.462 e. The van der Waals surface area contributed by atoms with Crippen LogP contribution in [0, 0.1) is 6.92 Å². The lowest BCUT2D eigenvalue weighted by Gasteiger charge is -2.22. The molecule has 2 heterocycles. The van der Waals surface area contributed by atoms with Crippen LogP contribution in [0.15, 0.2) is 22.6 Å². The average Bonchev–Trinajstić information content (AvgIpc) is 2.76. The van der Waals surface area contributed by atoms with Crippen molar-refractivity contribution in [1.29, 1.82) is 0 Å². The van der Waals surface area contributed by atoms with E-state index in [2.05, 4.69) is 10.6 Å². The van der Waals surface area contributed by atoms with Gasteiger partial charge >= 0.3 is 0 Å². The normalized spacial score (nSPS) is 19.8. The lowest BCUT2D eigenvalue weighted by Crippen LogP contribution is -2.47. The molecule has 1 aromatic heterocycles. The molecule has 1 unspecified atom stereocenters. The van der Waals surface area contributed by atoms with E-state index in [4.69, 9.17) is 4.42 Å². The highest BCUT2D eigenvalue weighted by atomic mass is 16.3. The number of carbonyl (C=O) groups excluding carboxylic acids is 2. The number of hydrogen-bond acceptors (Lipinski definition) is 3. The lowest BCUT2D eigenvalue weighted by molar-refractivity contribution is -0.124. The maximum Gasteiger partial charge on any atom is 0.244 e. The molecule has 1 aromatic rings. The molecular formula is C13H16N2O3. The van der Waals surface area contributed by atoms with Gasteiger partial charge in [-0.05, 0) is 31.6 Å². The fraction of sp³-hybridized carbons (Fsp3) is 0.385. The molecule has 1 saturated heterocycles. The molecule has 18 heavy (non-hydrogen) atoms. The van der Waals surface area contributed by atoms with Gasteiger partial charge in [-0.3, -0.25) is 9.59 Å². The predicted molar refractivity (Wildman–Crippen MR) is 66.7 cm³/mol. The second-order valence-corrected chi connectivity index (χ2v) is 4.33. The molecule has 2 amide bonds. The molecule has 1 atom stereocenters. The van der Waals surface area contributed by atoms with Crippen molar-refractivity contribution in [1.82, 2.24) is 10.6 Å². The van der Waals surface area contributed by atoms with Crippen molar-refractivity contribution in [2.75, 3.05) is 6.54 Å². The van der Waals surface area contributed by atoms with E-state index in [0.717, 1.165) is 5.76 Å². The average molecular weight is 248 g/mol. The zero-order valence-electron chi connectivity index (χ0n) is 10.2. The summed E-state index contributed by atoms with van der Waals surface area (Å²) in [5.41, 5.74) is 0. The Kier molecular flexibility index (Phi) is 3.82. The van der Waals surface area contributed by atoms with Crippen LogP contribution in [0.3, 0.4) is 0 Å². The van der Waals surface area contributed by atoms with Crippen LogP contribution in [0.1, 0.15) is 24.4 Å². The van der Waals surface area contributed by atoms with Gasteiger partial charge < -0.3 is 15.1 Å². The number of piperidine rings is 1. The smallest absolute Gasteiger partial charge is 0.244 e. The third kappa shape index (κ3) is 3.48. The molecular weight excluding hydrogens is 232 g/mol. The van der Waals surface area contributed by atoms with Crippen LogP contribution >= 0.6 is 0 Å². The van der Waals surface area contributed by atoms with Gasteiger partial charge in [0.2, 0.25) is 11.8 Å². The standard InChI is InChI=1S/C13H16N2O3/c1-9-2-4-11(18-9)5-7-13(17)15-10-3-6-12(16)14-8-10/h2,4-5,7,10H,3,6,8H2,1H3,(H,14,16)(H,15,17)/b7-5+. The van der Waals surface area contributed by atoms with E-state index in [1.165, 1.54) is 6.08 Å². The molecule has 5 nitrogen and oxygen atoms in total. The first-order chi connectivity index (χ1) is 8.63. The summed E-state index contributed by atoms with van der Waals surface area (Å²) in [6.07, 6.45) is 4.22. The van der Waals surface area contributed by atoms with Crippen molar-refractivity contribution < 1.29 is 14.0 Å². The topological polar surface area (TPSA) is 71.3 Å². The third-order valence-electron chi connectivity index (χ3n) is 2.77. The zero-order chi connectivity index (χ0) is 13.0. The quantitative estimate of drug-likeness (QED) is 0.784. The van der Waals surface area contributed by atoms with Gasteiger partial charge in [0.1, 0.15) is 11.5 Å². The first-order valence-electron chi connectivity index (χ1n) is 5.95. The summed E-state index contributed by atoms with van der Waals surface area (Å²) in [6, 6.07) is 3.66. The van der Waals surface area contributed by atoms with Crippen molar-refractivity contribution in [2.45, 2.75) is 25.8 Å². The van der Waals surface area contributed by atoms with Crippen molar-refractivity contribution >= 4 is 17.9 Å². The molecule has 1 aliphatic rings. The van der Waals surface area contributed by atoms with E-state index in [9.17, 15) is 9.59 Å². The van der Waals surface area contributed by atoms with Crippen LogP contribution in [-0.4, -0.2) is 24.4 Å². The Morgan fingerprint density at radius 1 is 1.56 bits per heavy atom. The molecule has 0 saturated carbocycles. The Labute approximate surface area is 105 Å². The van der Waals surface area contributed by atoms with Gasteiger partial charge in [-0.1, -0.05) is 0 Å². The lowest BCUT2D eigenvalue weighted by atomic mass is 10.1. The fourth-order valence-electron chi connectivity index (χ4n) is 1.81. The molecule has 0 aliphatic carbocycles. The number of nitrogens with one attached hydrogen (secondary N) is 2. The second kappa shape index (κ2) is 5.53. The Balaban J connectivity index is 1.81. The van der Waals surface area contributed by atoms with Crippen molar-refractivity contribution in [3.05, 3.63) is 29.7 Å². The number of hydrogen-bond donors (Lipinski definition) is 2. The highest BCUT2D eigenvalue weighted by Crippen LogP contribution is 2.08. The number of amides is 2. The second-order valence-electron chi connectivity index (χ2n) is 4.33. The minimum absolute atomic E-state index is 0.0122. The van der Waals surface area contributed by atoms with Gasteiger partial charge in [-0.2, -0.15) is 0 Å². The molecule has 5 heteroatoms. The molecule has 0 bridgehead atoms. The SMILES string of the molecule is Cc1ccc(/C=C/C(=O)NC2CCC(=O)NC2)o1. The molecule has 0 spiro atoms.